The van der Waals surface area contributed by atoms with Crippen LogP contribution in [0.15, 0.2) is 60.8 Å². The molecule has 4 nitrogen and oxygen atoms in total. The summed E-state index contributed by atoms with van der Waals surface area (Å²) in [7, 11) is 0. The largest absolute Gasteiger partial charge is 0.354 e. The summed E-state index contributed by atoms with van der Waals surface area (Å²) in [6.45, 7) is 0.677. The topological polar surface area (TPSA) is 49.8 Å². The highest BCUT2D eigenvalue weighted by Gasteiger charge is 2.03. The second kappa shape index (κ2) is 7.99. The number of benzene rings is 2. The molecular formula is C18H16Cl2N4. The Morgan fingerprint density at radius 3 is 2.58 bits per heavy atom. The van der Waals surface area contributed by atoms with E-state index in [9.17, 15) is 0 Å². The minimum atomic E-state index is 0.570. The van der Waals surface area contributed by atoms with Crippen LogP contribution in [0.1, 0.15) is 5.56 Å². The Hall–Kier alpha value is -2.30. The average Bonchev–Trinajstić information content (AvgIpc) is 2.58. The number of aromatic nitrogens is 2. The van der Waals surface area contributed by atoms with Crippen molar-refractivity contribution in [3.8, 4) is 0 Å². The fourth-order valence-electron chi connectivity index (χ4n) is 2.22. The van der Waals surface area contributed by atoms with E-state index >= 15 is 0 Å². The van der Waals surface area contributed by atoms with E-state index in [1.54, 1.807) is 12.3 Å². The van der Waals surface area contributed by atoms with Gasteiger partial charge in [-0.2, -0.15) is 4.98 Å². The monoisotopic (exact) mass is 358 g/mol. The molecule has 0 aliphatic heterocycles. The van der Waals surface area contributed by atoms with Gasteiger partial charge < -0.3 is 10.6 Å². The van der Waals surface area contributed by atoms with Crippen LogP contribution in [0.3, 0.4) is 0 Å². The van der Waals surface area contributed by atoms with Crippen molar-refractivity contribution in [3.05, 3.63) is 76.4 Å². The third-order valence-corrected chi connectivity index (χ3v) is 3.98. The van der Waals surface area contributed by atoms with Crippen molar-refractivity contribution in [2.45, 2.75) is 6.42 Å². The molecule has 1 aromatic heterocycles. The Kier molecular flexibility index (Phi) is 5.51. The predicted octanol–water partition coefficient (Wildman–Crippen LogP) is 5.18. The Balaban J connectivity index is 1.58. The zero-order valence-corrected chi connectivity index (χ0v) is 14.3. The van der Waals surface area contributed by atoms with Crippen LogP contribution in [0.2, 0.25) is 10.0 Å². The summed E-state index contributed by atoms with van der Waals surface area (Å²) >= 11 is 12.1. The van der Waals surface area contributed by atoms with Gasteiger partial charge in [0.25, 0.3) is 0 Å². The maximum atomic E-state index is 6.17. The molecule has 122 valence electrons. The van der Waals surface area contributed by atoms with E-state index in [1.807, 2.05) is 48.5 Å². The molecule has 2 aromatic carbocycles. The first-order chi connectivity index (χ1) is 11.7. The normalized spacial score (nSPS) is 10.4. The zero-order chi connectivity index (χ0) is 16.8. The minimum Gasteiger partial charge on any atom is -0.354 e. The van der Waals surface area contributed by atoms with Gasteiger partial charge in [0.2, 0.25) is 5.95 Å². The number of anilines is 3. The van der Waals surface area contributed by atoms with E-state index in [2.05, 4.69) is 20.6 Å². The van der Waals surface area contributed by atoms with E-state index in [1.165, 1.54) is 0 Å². The highest BCUT2D eigenvalue weighted by molar-refractivity contribution is 6.35. The second-order valence-corrected chi connectivity index (χ2v) is 6.01. The molecule has 0 saturated carbocycles. The molecule has 0 saturated heterocycles. The zero-order valence-electron chi connectivity index (χ0n) is 12.8. The molecule has 0 unspecified atom stereocenters. The third kappa shape index (κ3) is 4.60. The van der Waals surface area contributed by atoms with Gasteiger partial charge in [0.05, 0.1) is 0 Å². The Bertz CT molecular complexity index is 809. The van der Waals surface area contributed by atoms with Gasteiger partial charge in [0, 0.05) is 28.5 Å². The van der Waals surface area contributed by atoms with Gasteiger partial charge in [-0.1, -0.05) is 47.5 Å². The number of hydrogen-bond acceptors (Lipinski definition) is 4. The Morgan fingerprint density at radius 1 is 0.958 bits per heavy atom. The van der Waals surface area contributed by atoms with Crippen LogP contribution in [0.25, 0.3) is 0 Å². The smallest absolute Gasteiger partial charge is 0.224 e. The fourth-order valence-corrected chi connectivity index (χ4v) is 2.72. The predicted molar refractivity (Wildman–Crippen MR) is 100 cm³/mol. The first-order valence-corrected chi connectivity index (χ1v) is 8.29. The van der Waals surface area contributed by atoms with Gasteiger partial charge in [-0.25, -0.2) is 4.98 Å². The van der Waals surface area contributed by atoms with Gasteiger partial charge in [-0.3, -0.25) is 0 Å². The van der Waals surface area contributed by atoms with Crippen LogP contribution in [-0.4, -0.2) is 16.5 Å². The van der Waals surface area contributed by atoms with E-state index in [0.717, 1.165) is 23.5 Å². The van der Waals surface area contributed by atoms with E-state index in [0.29, 0.717) is 22.5 Å². The number of halogens is 2. The summed E-state index contributed by atoms with van der Waals surface area (Å²) < 4.78 is 0. The van der Waals surface area contributed by atoms with E-state index in [4.69, 9.17) is 23.2 Å². The van der Waals surface area contributed by atoms with Gasteiger partial charge in [-0.15, -0.1) is 0 Å². The van der Waals surface area contributed by atoms with Gasteiger partial charge in [0.1, 0.15) is 5.82 Å². The molecule has 0 radical (unpaired) electrons. The summed E-state index contributed by atoms with van der Waals surface area (Å²) in [6.07, 6.45) is 2.48. The standard InChI is InChI=1S/C18H16Cl2N4/c19-14-7-6-13(16(20)12-14)8-10-21-18-22-11-9-17(24-18)23-15-4-2-1-3-5-15/h1-7,9,11-12H,8,10H2,(H2,21,22,23,24). The summed E-state index contributed by atoms with van der Waals surface area (Å²) in [5, 5.41) is 7.76. The van der Waals surface area contributed by atoms with Gasteiger partial charge in [-0.05, 0) is 42.3 Å². The van der Waals surface area contributed by atoms with Crippen LogP contribution < -0.4 is 10.6 Å². The van der Waals surface area contributed by atoms with Crippen molar-refractivity contribution >= 4 is 40.7 Å². The average molecular weight is 359 g/mol. The first kappa shape index (κ1) is 16.6. The fraction of sp³-hybridized carbons (Fsp3) is 0.111. The molecule has 0 amide bonds. The quantitative estimate of drug-likeness (QED) is 0.637. The van der Waals surface area contributed by atoms with Crippen LogP contribution in [-0.2, 0) is 6.42 Å². The maximum absolute atomic E-state index is 6.17. The molecule has 3 aromatic rings. The summed E-state index contributed by atoms with van der Waals surface area (Å²) in [5.74, 6) is 1.31. The van der Waals surface area contributed by atoms with Gasteiger partial charge >= 0.3 is 0 Å². The van der Waals surface area contributed by atoms with Crippen molar-refractivity contribution in [1.29, 1.82) is 0 Å². The third-order valence-electron chi connectivity index (χ3n) is 3.39. The number of hydrogen-bond donors (Lipinski definition) is 2. The van der Waals surface area contributed by atoms with E-state index in [-0.39, 0.29) is 0 Å². The molecule has 3 rings (SSSR count). The van der Waals surface area contributed by atoms with Crippen molar-refractivity contribution in [2.24, 2.45) is 0 Å². The van der Waals surface area contributed by atoms with Crippen molar-refractivity contribution in [2.75, 3.05) is 17.2 Å². The summed E-state index contributed by atoms with van der Waals surface area (Å²) in [4.78, 5) is 8.68. The lowest BCUT2D eigenvalue weighted by molar-refractivity contribution is 0.985. The van der Waals surface area contributed by atoms with Gasteiger partial charge in [0.15, 0.2) is 0 Å². The highest BCUT2D eigenvalue weighted by Crippen LogP contribution is 2.21. The SMILES string of the molecule is Clc1ccc(CCNc2nccc(Nc3ccccc3)n2)c(Cl)c1. The number of para-hydroxylation sites is 1. The van der Waals surface area contributed by atoms with Crippen LogP contribution in [0.4, 0.5) is 17.5 Å². The van der Waals surface area contributed by atoms with Crippen LogP contribution in [0, 0.1) is 0 Å². The van der Waals surface area contributed by atoms with Crippen LogP contribution in [0.5, 0.6) is 0 Å². The number of rotatable bonds is 6. The molecule has 0 bridgehead atoms. The minimum absolute atomic E-state index is 0.570. The molecular weight excluding hydrogens is 343 g/mol. The molecule has 6 heteroatoms. The molecule has 24 heavy (non-hydrogen) atoms. The summed E-state index contributed by atoms with van der Waals surface area (Å²) in [5.41, 5.74) is 2.02. The Morgan fingerprint density at radius 2 is 1.79 bits per heavy atom. The molecule has 0 aliphatic rings. The van der Waals surface area contributed by atoms with Crippen molar-refractivity contribution in [1.82, 2.24) is 9.97 Å². The van der Waals surface area contributed by atoms with Crippen LogP contribution >= 0.6 is 23.2 Å². The molecule has 0 fully saturated rings. The first-order valence-electron chi connectivity index (χ1n) is 7.53. The van der Waals surface area contributed by atoms with Crippen molar-refractivity contribution in [3.63, 3.8) is 0 Å². The summed E-state index contributed by atoms with van der Waals surface area (Å²) in [6, 6.07) is 17.2. The molecule has 0 aliphatic carbocycles. The molecule has 0 spiro atoms. The Labute approximate surface area is 150 Å². The number of nitrogens with one attached hydrogen (secondary N) is 2. The number of nitrogens with zero attached hydrogens (tertiary/aromatic N) is 2. The molecule has 0 atom stereocenters. The lowest BCUT2D eigenvalue weighted by Gasteiger charge is -2.09. The molecule has 2 N–H and O–H groups in total. The van der Waals surface area contributed by atoms with Crippen molar-refractivity contribution < 1.29 is 0 Å². The molecule has 1 heterocycles. The van der Waals surface area contributed by atoms with E-state index < -0.39 is 0 Å². The maximum Gasteiger partial charge on any atom is 0.224 e. The lowest BCUT2D eigenvalue weighted by atomic mass is 10.1. The lowest BCUT2D eigenvalue weighted by Crippen LogP contribution is -2.09. The second-order valence-electron chi connectivity index (χ2n) is 5.17. The highest BCUT2D eigenvalue weighted by atomic mass is 35.5.